The van der Waals surface area contributed by atoms with Crippen LogP contribution in [0.1, 0.15) is 17.4 Å². The first-order valence-corrected chi connectivity index (χ1v) is 5.48. The third kappa shape index (κ3) is 3.98. The molecule has 0 saturated heterocycles. The van der Waals surface area contributed by atoms with E-state index in [1.165, 1.54) is 6.20 Å². The van der Waals surface area contributed by atoms with Gasteiger partial charge in [0.2, 0.25) is 0 Å². The first-order valence-electron chi connectivity index (χ1n) is 4.69. The first kappa shape index (κ1) is 12.6. The Morgan fingerprint density at radius 1 is 1.50 bits per heavy atom. The molecule has 0 radical (unpaired) electrons. The summed E-state index contributed by atoms with van der Waals surface area (Å²) in [7, 11) is 0. The normalized spacial score (nSPS) is 9.62. The number of nitrogens with one attached hydrogen (secondary N) is 1. The smallest absolute Gasteiger partial charge is 0.325 e. The Morgan fingerprint density at radius 2 is 2.25 bits per heavy atom. The summed E-state index contributed by atoms with van der Waals surface area (Å²) < 4.78 is 5.45. The Balaban J connectivity index is 2.47. The van der Waals surface area contributed by atoms with E-state index in [0.717, 1.165) is 4.47 Å². The van der Waals surface area contributed by atoms with E-state index in [4.69, 9.17) is 0 Å². The maximum absolute atomic E-state index is 11.5. The van der Waals surface area contributed by atoms with Crippen molar-refractivity contribution in [2.45, 2.75) is 6.92 Å². The minimum absolute atomic E-state index is 0.148. The number of hydrogen-bond donors (Lipinski definition) is 1. The third-order valence-corrected chi connectivity index (χ3v) is 2.13. The maximum Gasteiger partial charge on any atom is 0.325 e. The predicted octanol–water partition coefficient (Wildman–Crippen LogP) is 1.14. The number of esters is 1. The van der Waals surface area contributed by atoms with Crippen LogP contribution >= 0.6 is 15.9 Å². The zero-order valence-electron chi connectivity index (χ0n) is 8.70. The van der Waals surface area contributed by atoms with E-state index >= 15 is 0 Å². The van der Waals surface area contributed by atoms with Crippen molar-refractivity contribution < 1.29 is 14.3 Å². The van der Waals surface area contributed by atoms with E-state index in [0.29, 0.717) is 6.61 Å². The average molecular weight is 287 g/mol. The first-order chi connectivity index (χ1) is 7.63. The molecule has 0 aliphatic rings. The number of hydrogen-bond acceptors (Lipinski definition) is 4. The lowest BCUT2D eigenvalue weighted by Crippen LogP contribution is -2.31. The SMILES string of the molecule is CCOC(=O)CNC(=O)c1ccc(Br)cn1. The molecule has 0 fully saturated rings. The summed E-state index contributed by atoms with van der Waals surface area (Å²) in [6.07, 6.45) is 1.51. The van der Waals surface area contributed by atoms with Crippen LogP contribution in [0.25, 0.3) is 0 Å². The van der Waals surface area contributed by atoms with Crippen molar-refractivity contribution in [3.05, 3.63) is 28.5 Å². The fourth-order valence-corrected chi connectivity index (χ4v) is 1.20. The number of halogens is 1. The molecular weight excluding hydrogens is 276 g/mol. The Labute approximate surface area is 101 Å². The van der Waals surface area contributed by atoms with Crippen LogP contribution in [0.15, 0.2) is 22.8 Å². The molecule has 0 spiro atoms. The third-order valence-electron chi connectivity index (χ3n) is 1.66. The van der Waals surface area contributed by atoms with E-state index in [1.807, 2.05) is 0 Å². The van der Waals surface area contributed by atoms with Gasteiger partial charge in [-0.3, -0.25) is 9.59 Å². The minimum atomic E-state index is -0.465. The Hall–Kier alpha value is -1.43. The van der Waals surface area contributed by atoms with Crippen molar-refractivity contribution in [2.24, 2.45) is 0 Å². The summed E-state index contributed by atoms with van der Waals surface area (Å²) >= 11 is 3.21. The number of rotatable bonds is 4. The quantitative estimate of drug-likeness (QED) is 0.843. The second-order valence-corrected chi connectivity index (χ2v) is 3.77. The highest BCUT2D eigenvalue weighted by Gasteiger charge is 2.09. The van der Waals surface area contributed by atoms with Gasteiger partial charge in [-0.05, 0) is 35.0 Å². The molecule has 6 heteroatoms. The monoisotopic (exact) mass is 286 g/mol. The van der Waals surface area contributed by atoms with Crippen LogP contribution in [0, 0.1) is 0 Å². The zero-order valence-corrected chi connectivity index (χ0v) is 10.3. The number of pyridine rings is 1. The minimum Gasteiger partial charge on any atom is -0.465 e. The fourth-order valence-electron chi connectivity index (χ4n) is 0.965. The van der Waals surface area contributed by atoms with Crippen molar-refractivity contribution >= 4 is 27.8 Å². The van der Waals surface area contributed by atoms with Gasteiger partial charge in [0.25, 0.3) is 5.91 Å². The van der Waals surface area contributed by atoms with E-state index in [2.05, 4.69) is 31.0 Å². The van der Waals surface area contributed by atoms with Crippen molar-refractivity contribution in [3.63, 3.8) is 0 Å². The molecule has 1 rings (SSSR count). The van der Waals surface area contributed by atoms with Gasteiger partial charge in [0.05, 0.1) is 6.61 Å². The molecule has 0 aliphatic carbocycles. The summed E-state index contributed by atoms with van der Waals surface area (Å²) in [4.78, 5) is 26.3. The van der Waals surface area contributed by atoms with Gasteiger partial charge in [-0.2, -0.15) is 0 Å². The van der Waals surface area contributed by atoms with Gasteiger partial charge in [0, 0.05) is 10.7 Å². The molecule has 86 valence electrons. The highest BCUT2D eigenvalue weighted by atomic mass is 79.9. The van der Waals surface area contributed by atoms with Gasteiger partial charge < -0.3 is 10.1 Å². The number of carbonyl (C=O) groups is 2. The zero-order chi connectivity index (χ0) is 12.0. The largest absolute Gasteiger partial charge is 0.465 e. The van der Waals surface area contributed by atoms with Crippen LogP contribution in [0.5, 0.6) is 0 Å². The second-order valence-electron chi connectivity index (χ2n) is 2.85. The summed E-state index contributed by atoms with van der Waals surface area (Å²) in [5, 5.41) is 2.41. The van der Waals surface area contributed by atoms with Crippen LogP contribution in [-0.2, 0) is 9.53 Å². The number of carbonyl (C=O) groups excluding carboxylic acids is 2. The summed E-state index contributed by atoms with van der Waals surface area (Å²) in [5.74, 6) is -0.867. The highest BCUT2D eigenvalue weighted by molar-refractivity contribution is 9.10. The molecule has 5 nitrogen and oxygen atoms in total. The summed E-state index contributed by atoms with van der Waals surface area (Å²) in [6, 6.07) is 3.26. The van der Waals surface area contributed by atoms with E-state index in [9.17, 15) is 9.59 Å². The molecule has 1 aromatic rings. The maximum atomic E-state index is 11.5. The highest BCUT2D eigenvalue weighted by Crippen LogP contribution is 2.06. The Morgan fingerprint density at radius 3 is 2.81 bits per heavy atom. The van der Waals surface area contributed by atoms with Gasteiger partial charge in [0.15, 0.2) is 0 Å². The molecule has 1 heterocycles. The van der Waals surface area contributed by atoms with Crippen molar-refractivity contribution in [1.82, 2.24) is 10.3 Å². The van der Waals surface area contributed by atoms with Crippen LogP contribution in [0.4, 0.5) is 0 Å². The van der Waals surface area contributed by atoms with Gasteiger partial charge in [-0.15, -0.1) is 0 Å². The molecule has 0 saturated carbocycles. The molecule has 1 aromatic heterocycles. The number of aromatic nitrogens is 1. The van der Waals surface area contributed by atoms with Gasteiger partial charge in [-0.1, -0.05) is 0 Å². The number of ether oxygens (including phenoxy) is 1. The van der Waals surface area contributed by atoms with Crippen molar-refractivity contribution in [2.75, 3.05) is 13.2 Å². The Kier molecular flexibility index (Phi) is 4.91. The molecule has 0 unspecified atom stereocenters. The van der Waals surface area contributed by atoms with E-state index in [1.54, 1.807) is 19.1 Å². The summed E-state index contributed by atoms with van der Waals surface area (Å²) in [6.45, 7) is 1.85. The summed E-state index contributed by atoms with van der Waals surface area (Å²) in [5.41, 5.74) is 0.257. The standard InChI is InChI=1S/C10H11BrN2O3/c1-2-16-9(14)6-13-10(15)8-4-3-7(11)5-12-8/h3-5H,2,6H2,1H3,(H,13,15). The van der Waals surface area contributed by atoms with E-state index < -0.39 is 11.9 Å². The number of amides is 1. The lowest BCUT2D eigenvalue weighted by atomic mass is 10.3. The second kappa shape index (κ2) is 6.22. The lowest BCUT2D eigenvalue weighted by Gasteiger charge is -2.04. The molecule has 0 aliphatic heterocycles. The van der Waals surface area contributed by atoms with Gasteiger partial charge in [0.1, 0.15) is 12.2 Å². The van der Waals surface area contributed by atoms with Crippen LogP contribution in [0.3, 0.4) is 0 Å². The molecule has 0 aromatic carbocycles. The lowest BCUT2D eigenvalue weighted by molar-refractivity contribution is -0.141. The molecule has 0 bridgehead atoms. The van der Waals surface area contributed by atoms with E-state index in [-0.39, 0.29) is 12.2 Å². The van der Waals surface area contributed by atoms with Crippen LogP contribution in [0.2, 0.25) is 0 Å². The van der Waals surface area contributed by atoms with Gasteiger partial charge in [-0.25, -0.2) is 4.98 Å². The average Bonchev–Trinajstić information content (AvgIpc) is 2.27. The Bertz CT molecular complexity index is 378. The fraction of sp³-hybridized carbons (Fsp3) is 0.300. The number of nitrogens with zero attached hydrogens (tertiary/aromatic N) is 1. The van der Waals surface area contributed by atoms with Crippen molar-refractivity contribution in [3.8, 4) is 0 Å². The molecule has 16 heavy (non-hydrogen) atoms. The molecule has 0 atom stereocenters. The van der Waals surface area contributed by atoms with Crippen LogP contribution in [-0.4, -0.2) is 30.0 Å². The topological polar surface area (TPSA) is 68.3 Å². The van der Waals surface area contributed by atoms with Gasteiger partial charge >= 0.3 is 5.97 Å². The van der Waals surface area contributed by atoms with Crippen LogP contribution < -0.4 is 5.32 Å². The molecular formula is C10H11BrN2O3. The molecule has 1 N–H and O–H groups in total. The predicted molar refractivity (Wildman–Crippen MR) is 60.9 cm³/mol. The van der Waals surface area contributed by atoms with Crippen molar-refractivity contribution in [1.29, 1.82) is 0 Å². The molecule has 1 amide bonds.